The highest BCUT2D eigenvalue weighted by molar-refractivity contribution is 7.50. The van der Waals surface area contributed by atoms with Crippen LogP contribution in [0.5, 0.6) is 0 Å². The Kier molecular flexibility index (Phi) is 18.9. The van der Waals surface area contributed by atoms with E-state index in [0.29, 0.717) is 0 Å². The summed E-state index contributed by atoms with van der Waals surface area (Å²) in [5.74, 6) is 0. The van der Waals surface area contributed by atoms with Crippen LogP contribution in [-0.4, -0.2) is 191 Å². The van der Waals surface area contributed by atoms with Crippen LogP contribution in [0.2, 0.25) is 0 Å². The Balaban J connectivity index is 7.41. The fourth-order valence-electron chi connectivity index (χ4n) is 3.48. The van der Waals surface area contributed by atoms with Gasteiger partial charge in [-0.05, 0) is 0 Å². The number of aliphatic hydroxyl groups excluding tert-OH is 12. The highest BCUT2D eigenvalue weighted by atomic mass is 31.2. The van der Waals surface area contributed by atoms with Gasteiger partial charge in [-0.15, -0.1) is 0 Å². The van der Waals surface area contributed by atoms with E-state index in [1.54, 1.807) is 0 Å². The van der Waals surface area contributed by atoms with Crippen LogP contribution in [0.15, 0.2) is 0 Å². The first kappa shape index (κ1) is 33.8. The first-order valence-corrected chi connectivity index (χ1v) is 12.0. The number of hydrogen-bond acceptors (Lipinski definition) is 15. The molecule has 0 fully saturated rings. The first-order chi connectivity index (χ1) is 16.4. The van der Waals surface area contributed by atoms with Crippen LogP contribution in [0.4, 0.5) is 0 Å². The number of hydrogen-bond donors (Lipinski definition) is 12. The third-order valence-corrected chi connectivity index (χ3v) is 8.59. The van der Waals surface area contributed by atoms with Crippen LogP contribution >= 0.6 is 8.37 Å². The highest BCUT2D eigenvalue weighted by Crippen LogP contribution is 2.54. The Labute approximate surface area is 199 Å². The Hall–Kier alpha value is -0.170. The number of rotatable bonds is 21. The summed E-state index contributed by atoms with van der Waals surface area (Å²) in [5, 5.41) is 120. The number of aliphatic hydroxyl groups is 12. The Bertz CT molecular complexity index is 377. The molecule has 0 aromatic heterocycles. The van der Waals surface area contributed by atoms with Gasteiger partial charge in [-0.2, -0.15) is 0 Å². The average Bonchev–Trinajstić information content (AvgIpc) is 2.87. The lowest BCUT2D eigenvalue weighted by molar-refractivity contribution is 0.00370. The van der Waals surface area contributed by atoms with Gasteiger partial charge in [0.05, 0.1) is 116 Å². The van der Waals surface area contributed by atoms with E-state index >= 15 is 0 Å². The lowest BCUT2D eigenvalue weighted by Crippen LogP contribution is -2.61. The first-order valence-electron chi connectivity index (χ1n) is 10.8. The second kappa shape index (κ2) is 19.0. The molecule has 0 amide bonds. The minimum Gasteiger partial charge on any atom is -0.395 e. The number of nitrogens with zero attached hydrogens (tertiary/aromatic N) is 3. The smallest absolute Gasteiger partial charge is 0.122 e. The van der Waals surface area contributed by atoms with Crippen LogP contribution in [0.1, 0.15) is 0 Å². The molecule has 0 radical (unpaired) electrons. The van der Waals surface area contributed by atoms with Gasteiger partial charge in [0, 0.05) is 0 Å². The molecule has 0 bridgehead atoms. The molecule has 0 atom stereocenters. The van der Waals surface area contributed by atoms with Gasteiger partial charge in [-0.3, -0.25) is 0 Å². The summed E-state index contributed by atoms with van der Waals surface area (Å²) in [7, 11) is -2.48. The maximum absolute atomic E-state index is 9.97. The Morgan fingerprint density at radius 3 is 0.500 bits per heavy atom. The van der Waals surface area contributed by atoms with E-state index in [4.69, 9.17) is 0 Å². The molecule has 0 saturated heterocycles. The lowest BCUT2D eigenvalue weighted by Gasteiger charge is -2.55. The standard InChI is InChI=1S/C18H42N3O12P/c22-1-13(2-23)19(14(3-24)4-25)34(20(15(5-26)6-27)16(7-28)8-29)21(17(9-30)10-31)18(11-32)12-33/h13-18,22-33H,1-12H2. The molecule has 0 aromatic carbocycles. The predicted octanol–water partition coefficient (Wildman–Crippen LogP) is -6.76. The molecular weight excluding hydrogens is 481 g/mol. The third kappa shape index (κ3) is 8.45. The van der Waals surface area contributed by atoms with E-state index < -0.39 is 124 Å². The molecule has 0 aliphatic heterocycles. The van der Waals surface area contributed by atoms with Crippen molar-refractivity contribution in [3.63, 3.8) is 0 Å². The topological polar surface area (TPSA) is 252 Å². The molecule has 0 rings (SSSR count). The maximum Gasteiger partial charge on any atom is 0.122 e. The summed E-state index contributed by atoms with van der Waals surface area (Å²) in [4.78, 5) is 0. The monoisotopic (exact) mass is 523 g/mol. The zero-order valence-corrected chi connectivity index (χ0v) is 20.0. The summed E-state index contributed by atoms with van der Waals surface area (Å²) in [5.41, 5.74) is 0. The molecule has 0 spiro atoms. The zero-order valence-electron chi connectivity index (χ0n) is 19.1. The second-order valence-corrected chi connectivity index (χ2v) is 9.44. The van der Waals surface area contributed by atoms with E-state index in [2.05, 4.69) is 0 Å². The molecule has 0 saturated carbocycles. The van der Waals surface area contributed by atoms with Crippen molar-refractivity contribution in [3.8, 4) is 0 Å². The van der Waals surface area contributed by atoms with Crippen molar-refractivity contribution in [2.24, 2.45) is 0 Å². The maximum atomic E-state index is 9.97. The van der Waals surface area contributed by atoms with Crippen LogP contribution in [-0.2, 0) is 0 Å². The van der Waals surface area contributed by atoms with E-state index in [9.17, 15) is 61.3 Å². The quantitative estimate of drug-likeness (QED) is 0.0625. The SMILES string of the molecule is OCC(CO)N(C(CO)CO)P(N(C(CO)CO)C(CO)CO)N(C(CO)CO)C(CO)CO. The van der Waals surface area contributed by atoms with Gasteiger partial charge in [0.2, 0.25) is 0 Å². The second-order valence-electron chi connectivity index (χ2n) is 7.52. The summed E-state index contributed by atoms with van der Waals surface area (Å²) < 4.78 is 3.67. The van der Waals surface area contributed by atoms with Gasteiger partial charge in [-0.1, -0.05) is 0 Å². The fraction of sp³-hybridized carbons (Fsp3) is 1.00. The van der Waals surface area contributed by atoms with Gasteiger partial charge in [0.15, 0.2) is 0 Å². The Morgan fingerprint density at radius 1 is 0.294 bits per heavy atom. The summed E-state index contributed by atoms with van der Waals surface area (Å²) >= 11 is 0. The predicted molar refractivity (Wildman–Crippen MR) is 120 cm³/mol. The molecule has 0 heterocycles. The van der Waals surface area contributed by atoms with E-state index in [1.165, 1.54) is 14.0 Å². The van der Waals surface area contributed by atoms with Crippen molar-refractivity contribution in [1.82, 2.24) is 14.0 Å². The molecule has 15 nitrogen and oxygen atoms in total. The molecular formula is C18H42N3O12P. The largest absolute Gasteiger partial charge is 0.395 e. The zero-order chi connectivity index (χ0) is 26.3. The van der Waals surface area contributed by atoms with Gasteiger partial charge in [0.1, 0.15) is 8.37 Å². The minimum atomic E-state index is -2.48. The van der Waals surface area contributed by atoms with Crippen LogP contribution < -0.4 is 0 Å². The highest BCUT2D eigenvalue weighted by Gasteiger charge is 2.47. The van der Waals surface area contributed by atoms with Crippen molar-refractivity contribution in [2.75, 3.05) is 79.3 Å². The van der Waals surface area contributed by atoms with Crippen molar-refractivity contribution >= 4 is 8.37 Å². The lowest BCUT2D eigenvalue weighted by atomic mass is 10.2. The average molecular weight is 524 g/mol. The van der Waals surface area contributed by atoms with Gasteiger partial charge in [0.25, 0.3) is 0 Å². The molecule has 12 N–H and O–H groups in total. The van der Waals surface area contributed by atoms with Crippen molar-refractivity contribution in [1.29, 1.82) is 0 Å². The van der Waals surface area contributed by atoms with Crippen molar-refractivity contribution in [3.05, 3.63) is 0 Å². The van der Waals surface area contributed by atoms with Gasteiger partial charge >= 0.3 is 0 Å². The van der Waals surface area contributed by atoms with Crippen LogP contribution in [0.3, 0.4) is 0 Å². The van der Waals surface area contributed by atoms with Gasteiger partial charge in [-0.25, -0.2) is 14.0 Å². The molecule has 0 aliphatic rings. The third-order valence-electron chi connectivity index (χ3n) is 5.39. The molecule has 34 heavy (non-hydrogen) atoms. The summed E-state index contributed by atoms with van der Waals surface area (Å²) in [6, 6.07) is -7.21. The van der Waals surface area contributed by atoms with E-state index in [1.807, 2.05) is 0 Å². The molecule has 206 valence electrons. The molecule has 0 unspecified atom stereocenters. The minimum absolute atomic E-state index is 0.717. The fourth-order valence-corrected chi connectivity index (χ4v) is 6.82. The summed E-state index contributed by atoms with van der Waals surface area (Å²) in [6.07, 6.45) is 0. The van der Waals surface area contributed by atoms with Gasteiger partial charge < -0.3 is 61.3 Å². The summed E-state index contributed by atoms with van der Waals surface area (Å²) in [6.45, 7) is -8.60. The van der Waals surface area contributed by atoms with Crippen molar-refractivity contribution < 1.29 is 61.3 Å². The molecule has 16 heteroatoms. The van der Waals surface area contributed by atoms with E-state index in [-0.39, 0.29) is 0 Å². The van der Waals surface area contributed by atoms with E-state index in [0.717, 1.165) is 0 Å². The molecule has 0 aliphatic carbocycles. The molecule has 0 aromatic rings. The normalized spacial score (nSPS) is 13.2. The Morgan fingerprint density at radius 2 is 0.412 bits per heavy atom. The van der Waals surface area contributed by atoms with Crippen molar-refractivity contribution in [2.45, 2.75) is 36.3 Å². The van der Waals surface area contributed by atoms with Crippen LogP contribution in [0.25, 0.3) is 0 Å². The van der Waals surface area contributed by atoms with Crippen LogP contribution in [0, 0.1) is 0 Å².